The van der Waals surface area contributed by atoms with E-state index in [4.69, 9.17) is 5.73 Å². The van der Waals surface area contributed by atoms with E-state index in [2.05, 4.69) is 13.8 Å². The van der Waals surface area contributed by atoms with Gasteiger partial charge in [0.25, 0.3) is 0 Å². The van der Waals surface area contributed by atoms with E-state index in [1.54, 1.807) is 0 Å². The molecule has 0 spiro atoms. The zero-order valence-corrected chi connectivity index (χ0v) is 12.2. The minimum atomic E-state index is 0.0530. The fourth-order valence-electron chi connectivity index (χ4n) is 2.94. The van der Waals surface area contributed by atoms with Crippen LogP contribution in [0.15, 0.2) is 0 Å². The molecule has 1 fully saturated rings. The molecule has 0 aromatic heterocycles. The van der Waals surface area contributed by atoms with Crippen molar-refractivity contribution in [2.24, 2.45) is 11.7 Å². The number of amides is 1. The van der Waals surface area contributed by atoms with Crippen LogP contribution in [0.4, 0.5) is 0 Å². The van der Waals surface area contributed by atoms with E-state index in [9.17, 15) is 4.79 Å². The number of likely N-dealkylation sites (tertiary alicyclic amines) is 1. The molecule has 1 aliphatic rings. The van der Waals surface area contributed by atoms with Gasteiger partial charge in [0.1, 0.15) is 0 Å². The molecule has 2 atom stereocenters. The Morgan fingerprint density at radius 3 is 2.72 bits per heavy atom. The van der Waals surface area contributed by atoms with Crippen molar-refractivity contribution in [1.82, 2.24) is 4.90 Å². The highest BCUT2D eigenvalue weighted by Gasteiger charge is 2.21. The second kappa shape index (κ2) is 8.52. The van der Waals surface area contributed by atoms with E-state index in [0.29, 0.717) is 6.42 Å². The van der Waals surface area contributed by atoms with Gasteiger partial charge in [0.15, 0.2) is 0 Å². The van der Waals surface area contributed by atoms with Gasteiger partial charge in [-0.25, -0.2) is 0 Å². The normalized spacial score (nSPS) is 22.6. The molecule has 2 unspecified atom stereocenters. The van der Waals surface area contributed by atoms with E-state index >= 15 is 0 Å². The lowest BCUT2D eigenvalue weighted by Crippen LogP contribution is -2.36. The summed E-state index contributed by atoms with van der Waals surface area (Å²) < 4.78 is 0. The number of rotatable bonds is 6. The summed E-state index contributed by atoms with van der Waals surface area (Å²) in [4.78, 5) is 14.2. The molecule has 0 bridgehead atoms. The van der Waals surface area contributed by atoms with Gasteiger partial charge in [0, 0.05) is 25.6 Å². The Hall–Kier alpha value is -0.570. The molecule has 18 heavy (non-hydrogen) atoms. The van der Waals surface area contributed by atoms with Crippen LogP contribution in [0, 0.1) is 5.92 Å². The fourth-order valence-corrected chi connectivity index (χ4v) is 2.94. The Bertz CT molecular complexity index is 243. The van der Waals surface area contributed by atoms with Crippen LogP contribution in [0.2, 0.25) is 0 Å². The molecular formula is C15H30N2O. The lowest BCUT2D eigenvalue weighted by Gasteiger charge is -2.22. The van der Waals surface area contributed by atoms with Crippen molar-refractivity contribution in [3.05, 3.63) is 0 Å². The zero-order chi connectivity index (χ0) is 13.4. The summed E-state index contributed by atoms with van der Waals surface area (Å²) in [5.74, 6) is 1.10. The smallest absolute Gasteiger partial charge is 0.224 e. The number of nitrogens with two attached hydrogens (primary N) is 1. The average molecular weight is 254 g/mol. The van der Waals surface area contributed by atoms with Crippen LogP contribution in [0.3, 0.4) is 0 Å². The van der Waals surface area contributed by atoms with Crippen LogP contribution in [0.1, 0.15) is 65.2 Å². The van der Waals surface area contributed by atoms with Gasteiger partial charge in [-0.2, -0.15) is 0 Å². The third-order valence-corrected chi connectivity index (χ3v) is 3.99. The summed E-state index contributed by atoms with van der Waals surface area (Å²) in [7, 11) is 0. The van der Waals surface area contributed by atoms with Crippen LogP contribution in [0.5, 0.6) is 0 Å². The molecule has 2 N–H and O–H groups in total. The topological polar surface area (TPSA) is 46.3 Å². The molecule has 3 nitrogen and oxygen atoms in total. The maximum atomic E-state index is 12.1. The second-order valence-corrected chi connectivity index (χ2v) is 5.72. The Labute approximate surface area is 112 Å². The van der Waals surface area contributed by atoms with E-state index in [1.807, 2.05) is 4.90 Å². The molecule has 1 aliphatic heterocycles. The molecule has 0 aliphatic carbocycles. The minimum absolute atomic E-state index is 0.0530. The van der Waals surface area contributed by atoms with Crippen molar-refractivity contribution in [2.45, 2.75) is 71.3 Å². The summed E-state index contributed by atoms with van der Waals surface area (Å²) in [5.41, 5.74) is 5.96. The van der Waals surface area contributed by atoms with Crippen molar-refractivity contribution in [1.29, 1.82) is 0 Å². The van der Waals surface area contributed by atoms with E-state index in [0.717, 1.165) is 31.8 Å². The van der Waals surface area contributed by atoms with Gasteiger partial charge in [0.05, 0.1) is 0 Å². The lowest BCUT2D eigenvalue weighted by atomic mass is 9.96. The first-order chi connectivity index (χ1) is 8.67. The maximum absolute atomic E-state index is 12.1. The highest BCUT2D eigenvalue weighted by Crippen LogP contribution is 2.22. The molecule has 0 aromatic carbocycles. The Morgan fingerprint density at radius 1 is 1.28 bits per heavy atom. The van der Waals surface area contributed by atoms with Crippen LogP contribution >= 0.6 is 0 Å². The second-order valence-electron chi connectivity index (χ2n) is 5.72. The molecule has 1 saturated heterocycles. The van der Waals surface area contributed by atoms with Crippen LogP contribution in [-0.4, -0.2) is 29.9 Å². The molecule has 0 radical (unpaired) electrons. The van der Waals surface area contributed by atoms with Crippen molar-refractivity contribution in [2.75, 3.05) is 13.1 Å². The van der Waals surface area contributed by atoms with Gasteiger partial charge in [-0.1, -0.05) is 33.1 Å². The predicted molar refractivity (Wildman–Crippen MR) is 76.3 cm³/mol. The lowest BCUT2D eigenvalue weighted by molar-refractivity contribution is -0.131. The van der Waals surface area contributed by atoms with Crippen molar-refractivity contribution < 1.29 is 4.79 Å². The first-order valence-corrected chi connectivity index (χ1v) is 7.70. The third-order valence-electron chi connectivity index (χ3n) is 3.99. The summed E-state index contributed by atoms with van der Waals surface area (Å²) in [6.45, 7) is 6.25. The summed E-state index contributed by atoms with van der Waals surface area (Å²) in [6, 6.07) is 0.0530. The summed E-state index contributed by atoms with van der Waals surface area (Å²) in [6.07, 6.45) is 8.77. The first kappa shape index (κ1) is 15.5. The predicted octanol–water partition coefficient (Wildman–Crippen LogP) is 2.93. The van der Waals surface area contributed by atoms with Gasteiger partial charge < -0.3 is 10.6 Å². The van der Waals surface area contributed by atoms with Crippen LogP contribution in [-0.2, 0) is 4.79 Å². The third kappa shape index (κ3) is 5.38. The van der Waals surface area contributed by atoms with Crippen molar-refractivity contribution in [3.8, 4) is 0 Å². The number of hydrogen-bond acceptors (Lipinski definition) is 2. The quantitative estimate of drug-likeness (QED) is 0.792. The molecular weight excluding hydrogens is 224 g/mol. The van der Waals surface area contributed by atoms with Crippen LogP contribution < -0.4 is 5.73 Å². The van der Waals surface area contributed by atoms with Crippen LogP contribution in [0.25, 0.3) is 0 Å². The Balaban J connectivity index is 2.35. The fraction of sp³-hybridized carbons (Fsp3) is 0.933. The molecule has 1 heterocycles. The number of hydrogen-bond donors (Lipinski definition) is 1. The van der Waals surface area contributed by atoms with Gasteiger partial charge in [-0.15, -0.1) is 0 Å². The van der Waals surface area contributed by atoms with E-state index in [1.165, 1.54) is 32.1 Å². The molecule has 0 saturated carbocycles. The van der Waals surface area contributed by atoms with Gasteiger partial charge in [0.2, 0.25) is 5.91 Å². The number of carbonyl (C=O) groups is 1. The standard InChI is InChI=1S/C15H30N2O/c1-3-6-13-8-5-10-17(11-9-13)15(18)12-14(16)7-4-2/h13-14H,3-12,16H2,1-2H3. The van der Waals surface area contributed by atoms with Gasteiger partial charge in [-0.3, -0.25) is 4.79 Å². The highest BCUT2D eigenvalue weighted by molar-refractivity contribution is 5.76. The van der Waals surface area contributed by atoms with Gasteiger partial charge >= 0.3 is 0 Å². The molecule has 3 heteroatoms. The Kier molecular flexibility index (Phi) is 7.33. The SMILES string of the molecule is CCCC(N)CC(=O)N1CCCC(CCC)CC1. The van der Waals surface area contributed by atoms with Crippen molar-refractivity contribution >= 4 is 5.91 Å². The molecule has 1 rings (SSSR count). The Morgan fingerprint density at radius 2 is 2.06 bits per heavy atom. The molecule has 1 amide bonds. The summed E-state index contributed by atoms with van der Waals surface area (Å²) >= 11 is 0. The molecule has 106 valence electrons. The summed E-state index contributed by atoms with van der Waals surface area (Å²) in [5, 5.41) is 0. The van der Waals surface area contributed by atoms with E-state index < -0.39 is 0 Å². The minimum Gasteiger partial charge on any atom is -0.343 e. The largest absolute Gasteiger partial charge is 0.343 e. The maximum Gasteiger partial charge on any atom is 0.224 e. The van der Waals surface area contributed by atoms with Crippen molar-refractivity contribution in [3.63, 3.8) is 0 Å². The number of nitrogens with zero attached hydrogens (tertiary/aromatic N) is 1. The average Bonchev–Trinajstić information content (AvgIpc) is 2.55. The first-order valence-electron chi connectivity index (χ1n) is 7.70. The zero-order valence-electron chi connectivity index (χ0n) is 12.2. The van der Waals surface area contributed by atoms with Gasteiger partial charge in [-0.05, 0) is 31.6 Å². The highest BCUT2D eigenvalue weighted by atomic mass is 16.2. The molecule has 0 aromatic rings. The monoisotopic (exact) mass is 254 g/mol. The number of carbonyl (C=O) groups excluding carboxylic acids is 1. The van der Waals surface area contributed by atoms with E-state index in [-0.39, 0.29) is 11.9 Å².